The van der Waals surface area contributed by atoms with E-state index >= 15 is 0 Å². The summed E-state index contributed by atoms with van der Waals surface area (Å²) >= 11 is 0. The van der Waals surface area contributed by atoms with Crippen LogP contribution in [0.5, 0.6) is 0 Å². The fraction of sp³-hybridized carbons (Fsp3) is 0.167. The summed E-state index contributed by atoms with van der Waals surface area (Å²) in [4.78, 5) is 0. The molecule has 0 N–H and O–H groups in total. The fourth-order valence-corrected chi connectivity index (χ4v) is 2.23. The second-order valence-corrected chi connectivity index (χ2v) is 6.04. The molecule has 0 bridgehead atoms. The molecule has 0 saturated heterocycles. The average Bonchev–Trinajstić information content (AvgIpc) is 2.67. The van der Waals surface area contributed by atoms with Crippen molar-refractivity contribution in [1.82, 2.24) is 0 Å². The van der Waals surface area contributed by atoms with E-state index in [1.807, 2.05) is 0 Å². The minimum atomic E-state index is -0.902. The Morgan fingerprint density at radius 3 is 2.32 bits per heavy atom. The molecule has 1 rings (SSSR count). The van der Waals surface area contributed by atoms with Gasteiger partial charge >= 0.3 is 0 Å². The SMILES string of the molecule is C=Cc1ccc(CCC(=C)/C=C\C(=C)C(=C)/C=C(/F)C(=C)OCC)c(F)c1F. The van der Waals surface area contributed by atoms with Crippen molar-refractivity contribution in [2.45, 2.75) is 19.8 Å². The first kappa shape index (κ1) is 23.0. The van der Waals surface area contributed by atoms with Gasteiger partial charge in [-0.05, 0) is 42.6 Å². The quantitative estimate of drug-likeness (QED) is 0.289. The molecule has 0 aliphatic rings. The van der Waals surface area contributed by atoms with Gasteiger partial charge < -0.3 is 4.74 Å². The zero-order valence-corrected chi connectivity index (χ0v) is 16.2. The second-order valence-electron chi connectivity index (χ2n) is 6.04. The third-order valence-electron chi connectivity index (χ3n) is 3.95. The Bertz CT molecular complexity index is 857. The van der Waals surface area contributed by atoms with Crippen LogP contribution in [-0.4, -0.2) is 6.61 Å². The highest BCUT2D eigenvalue weighted by Gasteiger charge is 2.11. The van der Waals surface area contributed by atoms with Crippen LogP contribution in [0.3, 0.4) is 0 Å². The molecule has 1 aromatic carbocycles. The first-order valence-corrected chi connectivity index (χ1v) is 8.73. The minimum absolute atomic E-state index is 0.0680. The van der Waals surface area contributed by atoms with Gasteiger partial charge in [0.1, 0.15) is 5.76 Å². The molecule has 1 nitrogen and oxygen atoms in total. The van der Waals surface area contributed by atoms with E-state index in [-0.39, 0.29) is 16.9 Å². The maximum absolute atomic E-state index is 14.0. The maximum Gasteiger partial charge on any atom is 0.166 e. The molecule has 0 amide bonds. The number of aryl methyl sites for hydroxylation is 1. The van der Waals surface area contributed by atoms with Crippen LogP contribution in [0, 0.1) is 11.6 Å². The summed E-state index contributed by atoms with van der Waals surface area (Å²) < 4.78 is 46.6. The number of ether oxygens (including phenoxy) is 1. The van der Waals surface area contributed by atoms with E-state index < -0.39 is 17.5 Å². The fourth-order valence-electron chi connectivity index (χ4n) is 2.23. The molecular formula is C24H25F3O. The third kappa shape index (κ3) is 6.62. The topological polar surface area (TPSA) is 9.23 Å². The van der Waals surface area contributed by atoms with Gasteiger partial charge in [-0.3, -0.25) is 0 Å². The lowest BCUT2D eigenvalue weighted by molar-refractivity contribution is 0.226. The number of rotatable bonds is 11. The lowest BCUT2D eigenvalue weighted by Gasteiger charge is -2.07. The highest BCUT2D eigenvalue weighted by molar-refractivity contribution is 5.49. The molecule has 1 aromatic rings. The largest absolute Gasteiger partial charge is 0.491 e. The molecule has 0 fully saturated rings. The van der Waals surface area contributed by atoms with Gasteiger partial charge in [0.15, 0.2) is 17.5 Å². The van der Waals surface area contributed by atoms with Crippen LogP contribution in [0.1, 0.15) is 24.5 Å². The van der Waals surface area contributed by atoms with Crippen molar-refractivity contribution < 1.29 is 17.9 Å². The highest BCUT2D eigenvalue weighted by Crippen LogP contribution is 2.21. The second kappa shape index (κ2) is 11.0. The van der Waals surface area contributed by atoms with Crippen molar-refractivity contribution in [3.05, 3.63) is 114 Å². The predicted molar refractivity (Wildman–Crippen MR) is 111 cm³/mol. The van der Waals surface area contributed by atoms with Gasteiger partial charge in [0.25, 0.3) is 0 Å². The highest BCUT2D eigenvalue weighted by atomic mass is 19.2. The average molecular weight is 386 g/mol. The lowest BCUT2D eigenvalue weighted by Crippen LogP contribution is -1.97. The zero-order chi connectivity index (χ0) is 21.3. The van der Waals surface area contributed by atoms with Gasteiger partial charge in [-0.1, -0.05) is 68.8 Å². The van der Waals surface area contributed by atoms with E-state index in [0.717, 1.165) is 0 Å². The first-order valence-electron chi connectivity index (χ1n) is 8.73. The van der Waals surface area contributed by atoms with Gasteiger partial charge in [0.05, 0.1) is 6.61 Å². The van der Waals surface area contributed by atoms with Crippen LogP contribution in [0.15, 0.2) is 91.6 Å². The van der Waals surface area contributed by atoms with Gasteiger partial charge in [-0.15, -0.1) is 0 Å². The van der Waals surface area contributed by atoms with Gasteiger partial charge in [-0.25, -0.2) is 13.2 Å². The molecule has 4 heteroatoms. The molecule has 0 saturated carbocycles. The lowest BCUT2D eigenvalue weighted by atomic mass is 10.0. The summed E-state index contributed by atoms with van der Waals surface area (Å²) in [5, 5.41) is 0. The van der Waals surface area contributed by atoms with Crippen LogP contribution in [0.2, 0.25) is 0 Å². The van der Waals surface area contributed by atoms with Crippen molar-refractivity contribution in [1.29, 1.82) is 0 Å². The Balaban J connectivity index is 2.67. The minimum Gasteiger partial charge on any atom is -0.491 e. The maximum atomic E-state index is 14.0. The van der Waals surface area contributed by atoms with Gasteiger partial charge in [-0.2, -0.15) is 0 Å². The summed E-state index contributed by atoms with van der Waals surface area (Å²) in [7, 11) is 0. The smallest absolute Gasteiger partial charge is 0.166 e. The van der Waals surface area contributed by atoms with Crippen molar-refractivity contribution in [3.63, 3.8) is 0 Å². The van der Waals surface area contributed by atoms with Crippen molar-refractivity contribution in [2.75, 3.05) is 6.61 Å². The number of allylic oxidation sites excluding steroid dienone is 7. The van der Waals surface area contributed by atoms with Crippen molar-refractivity contribution in [2.24, 2.45) is 0 Å². The molecular weight excluding hydrogens is 361 g/mol. The van der Waals surface area contributed by atoms with E-state index in [1.54, 1.807) is 19.1 Å². The first-order chi connectivity index (χ1) is 13.2. The van der Waals surface area contributed by atoms with Crippen LogP contribution < -0.4 is 0 Å². The van der Waals surface area contributed by atoms with Crippen LogP contribution in [0.4, 0.5) is 13.2 Å². The molecule has 0 unspecified atom stereocenters. The molecule has 0 spiro atoms. The zero-order valence-electron chi connectivity index (χ0n) is 16.2. The van der Waals surface area contributed by atoms with Gasteiger partial charge in [0, 0.05) is 5.56 Å². The molecule has 0 heterocycles. The van der Waals surface area contributed by atoms with Crippen LogP contribution >= 0.6 is 0 Å². The predicted octanol–water partition coefficient (Wildman–Crippen LogP) is 7.17. The van der Waals surface area contributed by atoms with E-state index in [0.29, 0.717) is 36.2 Å². The Kier molecular flexibility index (Phi) is 9.03. The van der Waals surface area contributed by atoms with E-state index in [4.69, 9.17) is 4.74 Å². The number of hydrogen-bond donors (Lipinski definition) is 0. The normalized spacial score (nSPS) is 11.4. The monoisotopic (exact) mass is 386 g/mol. The Morgan fingerprint density at radius 2 is 1.71 bits per heavy atom. The van der Waals surface area contributed by atoms with E-state index in [9.17, 15) is 13.2 Å². The Labute approximate surface area is 165 Å². The van der Waals surface area contributed by atoms with Gasteiger partial charge in [0.2, 0.25) is 0 Å². The number of benzene rings is 1. The van der Waals surface area contributed by atoms with E-state index in [2.05, 4.69) is 32.9 Å². The van der Waals surface area contributed by atoms with Crippen LogP contribution in [-0.2, 0) is 11.2 Å². The molecule has 28 heavy (non-hydrogen) atoms. The van der Waals surface area contributed by atoms with Crippen molar-refractivity contribution in [3.8, 4) is 0 Å². The Morgan fingerprint density at radius 1 is 1.04 bits per heavy atom. The summed E-state index contributed by atoms with van der Waals surface area (Å²) in [6, 6.07) is 3.02. The number of hydrogen-bond acceptors (Lipinski definition) is 1. The molecule has 0 atom stereocenters. The third-order valence-corrected chi connectivity index (χ3v) is 3.95. The summed E-state index contributed by atoms with van der Waals surface area (Å²) in [5.41, 5.74) is 1.91. The summed E-state index contributed by atoms with van der Waals surface area (Å²) in [5.74, 6) is -2.47. The Hall–Kier alpha value is -3.01. The molecule has 0 aromatic heterocycles. The summed E-state index contributed by atoms with van der Waals surface area (Å²) in [6.07, 6.45) is 6.49. The van der Waals surface area contributed by atoms with E-state index in [1.165, 1.54) is 24.3 Å². The number of halogens is 3. The van der Waals surface area contributed by atoms with Crippen LogP contribution in [0.25, 0.3) is 6.08 Å². The standard InChI is InChI=1S/C24H25F3O/c1-7-20-13-14-21(24(27)23(20)26)12-10-16(3)9-11-17(4)18(5)15-22(25)19(6)28-8-2/h7,9,11,13-15H,1,3-6,8,10,12H2,2H3/b11-9-,22-15+. The molecule has 0 radical (unpaired) electrons. The van der Waals surface area contributed by atoms with Crippen molar-refractivity contribution >= 4 is 6.08 Å². The molecule has 0 aliphatic carbocycles. The molecule has 0 aliphatic heterocycles. The molecule has 148 valence electrons. The summed E-state index contributed by atoms with van der Waals surface area (Å²) in [6.45, 7) is 20.4.